The van der Waals surface area contributed by atoms with Gasteiger partial charge in [-0.05, 0) is 18.1 Å². The summed E-state index contributed by atoms with van der Waals surface area (Å²) in [7, 11) is 0. The Morgan fingerprint density at radius 1 is 1.12 bits per heavy atom. The molecule has 1 N–H and O–H groups in total. The van der Waals surface area contributed by atoms with Crippen LogP contribution in [0.4, 0.5) is 5.82 Å². The van der Waals surface area contributed by atoms with Gasteiger partial charge in [0.2, 0.25) is 0 Å². The molecule has 6 nitrogen and oxygen atoms in total. The molecular formula is C18H20N6. The summed E-state index contributed by atoms with van der Waals surface area (Å²) in [5.41, 5.74) is 1.36. The predicted molar refractivity (Wildman–Crippen MR) is 92.9 cm³/mol. The summed E-state index contributed by atoms with van der Waals surface area (Å²) in [5.74, 6) is 1.53. The Hall–Kier alpha value is -2.73. The van der Waals surface area contributed by atoms with Gasteiger partial charge in [0.05, 0.1) is 12.4 Å². The number of benzene rings is 1. The second kappa shape index (κ2) is 6.80. The SMILES string of the molecule is c1ccc(CN2CC[C@@H](Nc3cncc(-n4cccn4)n3)C2)cc1. The topological polar surface area (TPSA) is 58.9 Å². The van der Waals surface area contributed by atoms with Crippen molar-refractivity contribution >= 4 is 5.82 Å². The van der Waals surface area contributed by atoms with Gasteiger partial charge in [-0.3, -0.25) is 9.88 Å². The first-order chi connectivity index (χ1) is 11.9. The fraction of sp³-hybridized carbons (Fsp3) is 0.278. The minimum Gasteiger partial charge on any atom is -0.365 e. The van der Waals surface area contributed by atoms with Crippen LogP contribution in [0.3, 0.4) is 0 Å². The number of rotatable bonds is 5. The first kappa shape index (κ1) is 14.8. The zero-order valence-corrected chi connectivity index (χ0v) is 13.4. The molecule has 1 aliphatic heterocycles. The summed E-state index contributed by atoms with van der Waals surface area (Å²) in [6, 6.07) is 12.9. The van der Waals surface area contributed by atoms with Crippen LogP contribution in [0, 0.1) is 0 Å². The minimum atomic E-state index is 0.399. The van der Waals surface area contributed by atoms with Gasteiger partial charge in [-0.1, -0.05) is 30.3 Å². The highest BCUT2D eigenvalue weighted by molar-refractivity contribution is 5.37. The first-order valence-electron chi connectivity index (χ1n) is 8.22. The number of hydrogen-bond acceptors (Lipinski definition) is 5. The summed E-state index contributed by atoms with van der Waals surface area (Å²) in [6.07, 6.45) is 8.20. The van der Waals surface area contributed by atoms with Gasteiger partial charge in [0.15, 0.2) is 5.82 Å². The van der Waals surface area contributed by atoms with Crippen molar-refractivity contribution in [3.05, 3.63) is 66.7 Å². The molecule has 0 spiro atoms. The zero-order chi connectivity index (χ0) is 16.2. The molecule has 1 fully saturated rings. The largest absolute Gasteiger partial charge is 0.365 e. The van der Waals surface area contributed by atoms with E-state index in [9.17, 15) is 0 Å². The number of aromatic nitrogens is 4. The Kier molecular flexibility index (Phi) is 4.20. The van der Waals surface area contributed by atoms with E-state index in [1.807, 2.05) is 12.3 Å². The molecule has 0 bridgehead atoms. The molecule has 1 aromatic carbocycles. The maximum atomic E-state index is 4.60. The summed E-state index contributed by atoms with van der Waals surface area (Å²) in [4.78, 5) is 11.3. The average Bonchev–Trinajstić information content (AvgIpc) is 3.28. The van der Waals surface area contributed by atoms with Crippen LogP contribution in [0.5, 0.6) is 0 Å². The van der Waals surface area contributed by atoms with Crippen LogP contribution in [0.1, 0.15) is 12.0 Å². The maximum absolute atomic E-state index is 4.60. The Morgan fingerprint density at radius 3 is 2.88 bits per heavy atom. The van der Waals surface area contributed by atoms with E-state index in [0.717, 1.165) is 37.7 Å². The average molecular weight is 320 g/mol. The Bertz CT molecular complexity index is 771. The Morgan fingerprint density at radius 2 is 2.04 bits per heavy atom. The van der Waals surface area contributed by atoms with E-state index >= 15 is 0 Å². The molecule has 3 aromatic rings. The third-order valence-electron chi connectivity index (χ3n) is 4.23. The van der Waals surface area contributed by atoms with Gasteiger partial charge in [-0.2, -0.15) is 5.10 Å². The molecule has 0 amide bonds. The highest BCUT2D eigenvalue weighted by Crippen LogP contribution is 2.17. The van der Waals surface area contributed by atoms with Crippen molar-refractivity contribution in [2.45, 2.75) is 19.0 Å². The lowest BCUT2D eigenvalue weighted by atomic mass is 10.2. The normalized spacial score (nSPS) is 17.9. The highest BCUT2D eigenvalue weighted by atomic mass is 15.3. The van der Waals surface area contributed by atoms with Crippen molar-refractivity contribution in [3.8, 4) is 5.82 Å². The number of hydrogen-bond donors (Lipinski definition) is 1. The van der Waals surface area contributed by atoms with E-state index in [1.165, 1.54) is 5.56 Å². The fourth-order valence-corrected chi connectivity index (χ4v) is 3.08. The third-order valence-corrected chi connectivity index (χ3v) is 4.23. The number of nitrogens with zero attached hydrogens (tertiary/aromatic N) is 5. The van der Waals surface area contributed by atoms with Crippen LogP contribution in [0.15, 0.2) is 61.2 Å². The standard InChI is InChI=1S/C18H20N6/c1-2-5-15(6-3-1)13-23-10-7-16(14-23)21-17-11-19-12-18(22-17)24-9-4-8-20-24/h1-6,8-9,11-12,16H,7,10,13-14H2,(H,21,22)/t16-/m1/s1. The van der Waals surface area contributed by atoms with Gasteiger partial charge >= 0.3 is 0 Å². The molecule has 122 valence electrons. The smallest absolute Gasteiger partial charge is 0.173 e. The number of nitrogens with one attached hydrogen (secondary N) is 1. The summed E-state index contributed by atoms with van der Waals surface area (Å²) < 4.78 is 1.72. The zero-order valence-electron chi connectivity index (χ0n) is 13.4. The molecule has 0 saturated carbocycles. The van der Waals surface area contributed by atoms with Crippen LogP contribution in [0.2, 0.25) is 0 Å². The highest BCUT2D eigenvalue weighted by Gasteiger charge is 2.22. The van der Waals surface area contributed by atoms with Crippen molar-refractivity contribution in [3.63, 3.8) is 0 Å². The van der Waals surface area contributed by atoms with Gasteiger partial charge in [-0.15, -0.1) is 0 Å². The monoisotopic (exact) mass is 320 g/mol. The number of anilines is 1. The maximum Gasteiger partial charge on any atom is 0.173 e. The first-order valence-corrected chi connectivity index (χ1v) is 8.22. The van der Waals surface area contributed by atoms with Crippen molar-refractivity contribution in [1.29, 1.82) is 0 Å². The molecule has 1 saturated heterocycles. The molecule has 2 aromatic heterocycles. The molecule has 0 unspecified atom stereocenters. The van der Waals surface area contributed by atoms with Gasteiger partial charge in [-0.25, -0.2) is 9.67 Å². The van der Waals surface area contributed by atoms with Crippen LogP contribution in [0.25, 0.3) is 5.82 Å². The molecule has 0 aliphatic carbocycles. The van der Waals surface area contributed by atoms with Crippen molar-refractivity contribution < 1.29 is 0 Å². The van der Waals surface area contributed by atoms with Gasteiger partial charge in [0, 0.05) is 38.1 Å². The molecule has 4 rings (SSSR count). The van der Waals surface area contributed by atoms with E-state index in [1.54, 1.807) is 23.3 Å². The minimum absolute atomic E-state index is 0.399. The Labute approximate surface area is 141 Å². The van der Waals surface area contributed by atoms with Crippen molar-refractivity contribution in [1.82, 2.24) is 24.6 Å². The van der Waals surface area contributed by atoms with E-state index in [-0.39, 0.29) is 0 Å². The van der Waals surface area contributed by atoms with Gasteiger partial charge < -0.3 is 5.32 Å². The van der Waals surface area contributed by atoms with Gasteiger partial charge in [0.25, 0.3) is 0 Å². The molecule has 6 heteroatoms. The third kappa shape index (κ3) is 3.44. The van der Waals surface area contributed by atoms with E-state index in [0.29, 0.717) is 6.04 Å². The van der Waals surface area contributed by atoms with E-state index in [4.69, 9.17) is 0 Å². The van der Waals surface area contributed by atoms with Crippen LogP contribution in [-0.4, -0.2) is 43.8 Å². The lowest BCUT2D eigenvalue weighted by Crippen LogP contribution is -2.26. The summed E-state index contributed by atoms with van der Waals surface area (Å²) in [5, 5.41) is 7.70. The Balaban J connectivity index is 1.37. The molecule has 24 heavy (non-hydrogen) atoms. The molecule has 1 atom stereocenters. The van der Waals surface area contributed by atoms with E-state index < -0.39 is 0 Å². The quantitative estimate of drug-likeness (QED) is 0.782. The van der Waals surface area contributed by atoms with Crippen LogP contribution >= 0.6 is 0 Å². The van der Waals surface area contributed by atoms with E-state index in [2.05, 4.69) is 55.6 Å². The summed E-state index contributed by atoms with van der Waals surface area (Å²) in [6.45, 7) is 3.11. The van der Waals surface area contributed by atoms with Crippen LogP contribution in [-0.2, 0) is 6.54 Å². The summed E-state index contributed by atoms with van der Waals surface area (Å²) >= 11 is 0. The predicted octanol–water partition coefficient (Wildman–Crippen LogP) is 2.35. The number of likely N-dealkylation sites (tertiary alicyclic amines) is 1. The van der Waals surface area contributed by atoms with Crippen LogP contribution < -0.4 is 5.32 Å². The fourth-order valence-electron chi connectivity index (χ4n) is 3.08. The lowest BCUT2D eigenvalue weighted by Gasteiger charge is -2.17. The second-order valence-corrected chi connectivity index (χ2v) is 6.06. The molecular weight excluding hydrogens is 300 g/mol. The van der Waals surface area contributed by atoms with Crippen molar-refractivity contribution in [2.24, 2.45) is 0 Å². The van der Waals surface area contributed by atoms with Crippen molar-refractivity contribution in [2.75, 3.05) is 18.4 Å². The molecule has 0 radical (unpaired) electrons. The molecule has 1 aliphatic rings. The molecule has 3 heterocycles. The second-order valence-electron chi connectivity index (χ2n) is 6.06. The van der Waals surface area contributed by atoms with Gasteiger partial charge in [0.1, 0.15) is 5.82 Å². The lowest BCUT2D eigenvalue weighted by molar-refractivity contribution is 0.328.